The predicted octanol–water partition coefficient (Wildman–Crippen LogP) is 3.10. The van der Waals surface area contributed by atoms with Gasteiger partial charge in [-0.1, -0.05) is 26.2 Å². The Morgan fingerprint density at radius 1 is 0.895 bits per heavy atom. The molecule has 4 heteroatoms. The molecule has 0 aromatic heterocycles. The van der Waals surface area contributed by atoms with Crippen molar-refractivity contribution in [3.05, 3.63) is 0 Å². The van der Waals surface area contributed by atoms with Gasteiger partial charge in [0, 0.05) is 12.3 Å². The Bertz CT molecular complexity index is 267. The van der Waals surface area contributed by atoms with Gasteiger partial charge in [0.15, 0.2) is 11.6 Å². The third-order valence-electron chi connectivity index (χ3n) is 4.27. The van der Waals surface area contributed by atoms with E-state index in [4.69, 9.17) is 18.9 Å². The second-order valence-corrected chi connectivity index (χ2v) is 5.94. The first-order valence-corrected chi connectivity index (χ1v) is 7.64. The monoisotopic (exact) mass is 272 g/mol. The second kappa shape index (κ2) is 6.53. The fourth-order valence-electron chi connectivity index (χ4n) is 3.08. The van der Waals surface area contributed by atoms with Crippen LogP contribution >= 0.6 is 0 Å². The van der Waals surface area contributed by atoms with Crippen LogP contribution in [0.4, 0.5) is 0 Å². The lowest BCUT2D eigenvalue weighted by Gasteiger charge is -2.36. The van der Waals surface area contributed by atoms with Crippen molar-refractivity contribution in [3.63, 3.8) is 0 Å². The van der Waals surface area contributed by atoms with Crippen LogP contribution in [0.15, 0.2) is 0 Å². The molecule has 112 valence electrons. The average Bonchev–Trinajstić information content (AvgIpc) is 2.99. The lowest BCUT2D eigenvalue weighted by atomic mass is 9.87. The van der Waals surface area contributed by atoms with Crippen LogP contribution in [0.2, 0.25) is 0 Å². The normalized spacial score (nSPS) is 26.7. The van der Waals surface area contributed by atoms with Gasteiger partial charge in [-0.05, 0) is 20.3 Å². The van der Waals surface area contributed by atoms with E-state index in [1.54, 1.807) is 0 Å². The number of ether oxygens (including phenoxy) is 4. The molecule has 1 atom stereocenters. The van der Waals surface area contributed by atoms with E-state index in [1.807, 2.05) is 6.92 Å². The molecule has 2 aliphatic heterocycles. The van der Waals surface area contributed by atoms with Gasteiger partial charge in [0.1, 0.15) is 0 Å². The second-order valence-electron chi connectivity index (χ2n) is 5.94. The van der Waals surface area contributed by atoms with Gasteiger partial charge in [-0.3, -0.25) is 0 Å². The quantitative estimate of drug-likeness (QED) is 0.667. The maximum absolute atomic E-state index is 5.86. The van der Waals surface area contributed by atoms with Crippen molar-refractivity contribution < 1.29 is 18.9 Å². The van der Waals surface area contributed by atoms with Gasteiger partial charge >= 0.3 is 0 Å². The van der Waals surface area contributed by atoms with Gasteiger partial charge in [-0.15, -0.1) is 0 Å². The summed E-state index contributed by atoms with van der Waals surface area (Å²) in [5, 5.41) is 0. The predicted molar refractivity (Wildman–Crippen MR) is 72.9 cm³/mol. The van der Waals surface area contributed by atoms with Crippen molar-refractivity contribution in [1.29, 1.82) is 0 Å². The van der Waals surface area contributed by atoms with Gasteiger partial charge in [-0.2, -0.15) is 0 Å². The van der Waals surface area contributed by atoms with Crippen LogP contribution in [-0.4, -0.2) is 38.0 Å². The standard InChI is InChI=1S/C15H28O4/c1-4-5-6-7-13(15(3)18-10-11-19-15)12-14(2)16-8-9-17-14/h13H,4-12H2,1-3H3. The Hall–Kier alpha value is -0.160. The highest BCUT2D eigenvalue weighted by Crippen LogP contribution is 2.39. The lowest BCUT2D eigenvalue weighted by Crippen LogP contribution is -2.41. The number of unbranched alkanes of at least 4 members (excludes halogenated alkanes) is 2. The molecule has 0 saturated carbocycles. The Morgan fingerprint density at radius 3 is 2.05 bits per heavy atom. The van der Waals surface area contributed by atoms with Crippen molar-refractivity contribution >= 4 is 0 Å². The highest BCUT2D eigenvalue weighted by molar-refractivity contribution is 4.84. The van der Waals surface area contributed by atoms with Crippen molar-refractivity contribution in [2.45, 2.75) is 64.4 Å². The molecule has 0 aromatic rings. The Balaban J connectivity index is 1.96. The van der Waals surface area contributed by atoms with Crippen LogP contribution < -0.4 is 0 Å². The summed E-state index contributed by atoms with van der Waals surface area (Å²) < 4.78 is 23.2. The third kappa shape index (κ3) is 3.91. The van der Waals surface area contributed by atoms with E-state index in [0.29, 0.717) is 32.3 Å². The zero-order valence-corrected chi connectivity index (χ0v) is 12.6. The van der Waals surface area contributed by atoms with E-state index in [9.17, 15) is 0 Å². The van der Waals surface area contributed by atoms with E-state index in [2.05, 4.69) is 13.8 Å². The summed E-state index contributed by atoms with van der Waals surface area (Å²) in [6, 6.07) is 0. The molecular formula is C15H28O4. The smallest absolute Gasteiger partial charge is 0.168 e. The molecule has 0 spiro atoms. The molecule has 2 fully saturated rings. The maximum Gasteiger partial charge on any atom is 0.168 e. The van der Waals surface area contributed by atoms with Crippen molar-refractivity contribution in [1.82, 2.24) is 0 Å². The fourth-order valence-corrected chi connectivity index (χ4v) is 3.08. The molecule has 4 nitrogen and oxygen atoms in total. The first-order valence-electron chi connectivity index (χ1n) is 7.64. The summed E-state index contributed by atoms with van der Waals surface area (Å²) in [5.74, 6) is -0.606. The van der Waals surface area contributed by atoms with Gasteiger partial charge in [0.05, 0.1) is 26.4 Å². The third-order valence-corrected chi connectivity index (χ3v) is 4.27. The van der Waals surface area contributed by atoms with Crippen molar-refractivity contribution in [3.8, 4) is 0 Å². The highest BCUT2D eigenvalue weighted by Gasteiger charge is 2.44. The van der Waals surface area contributed by atoms with Gasteiger partial charge in [0.2, 0.25) is 0 Å². The molecule has 0 aliphatic carbocycles. The lowest BCUT2D eigenvalue weighted by molar-refractivity contribution is -0.222. The van der Waals surface area contributed by atoms with Gasteiger partial charge in [0.25, 0.3) is 0 Å². The van der Waals surface area contributed by atoms with E-state index < -0.39 is 11.6 Å². The summed E-state index contributed by atoms with van der Waals surface area (Å²) in [6.45, 7) is 9.09. The first kappa shape index (κ1) is 15.2. The van der Waals surface area contributed by atoms with Gasteiger partial charge in [-0.25, -0.2) is 0 Å². The molecule has 2 rings (SSSR count). The fraction of sp³-hybridized carbons (Fsp3) is 1.00. The molecule has 0 amide bonds. The number of hydrogen-bond acceptors (Lipinski definition) is 4. The number of rotatable bonds is 7. The Kier molecular flexibility index (Phi) is 5.23. The van der Waals surface area contributed by atoms with Crippen molar-refractivity contribution in [2.75, 3.05) is 26.4 Å². The average molecular weight is 272 g/mol. The zero-order valence-electron chi connectivity index (χ0n) is 12.6. The molecule has 2 heterocycles. The van der Waals surface area contributed by atoms with E-state index in [-0.39, 0.29) is 0 Å². The van der Waals surface area contributed by atoms with Gasteiger partial charge < -0.3 is 18.9 Å². The summed E-state index contributed by atoms with van der Waals surface area (Å²) in [5.41, 5.74) is 0. The van der Waals surface area contributed by atoms with Crippen LogP contribution in [0.25, 0.3) is 0 Å². The van der Waals surface area contributed by atoms with Crippen molar-refractivity contribution in [2.24, 2.45) is 5.92 Å². The maximum atomic E-state index is 5.86. The molecular weight excluding hydrogens is 244 g/mol. The van der Waals surface area contributed by atoms with E-state index >= 15 is 0 Å². The molecule has 0 aromatic carbocycles. The van der Waals surface area contributed by atoms with Crippen LogP contribution in [0.1, 0.15) is 52.9 Å². The van der Waals surface area contributed by atoms with E-state index in [0.717, 1.165) is 12.8 Å². The minimum absolute atomic E-state index is 0.324. The summed E-state index contributed by atoms with van der Waals surface area (Å²) in [6.07, 6.45) is 5.64. The SMILES string of the molecule is CCCCCC(CC1(C)OCCO1)C1(C)OCCO1. The minimum Gasteiger partial charge on any atom is -0.348 e. The number of hydrogen-bond donors (Lipinski definition) is 0. The Labute approximate surface area is 116 Å². The Morgan fingerprint density at radius 2 is 1.47 bits per heavy atom. The topological polar surface area (TPSA) is 36.9 Å². The molecule has 0 radical (unpaired) electrons. The van der Waals surface area contributed by atoms with Crippen LogP contribution in [0.5, 0.6) is 0 Å². The first-order chi connectivity index (χ1) is 9.08. The molecule has 0 N–H and O–H groups in total. The van der Waals surface area contributed by atoms with Crippen LogP contribution in [0.3, 0.4) is 0 Å². The van der Waals surface area contributed by atoms with E-state index in [1.165, 1.54) is 19.3 Å². The van der Waals surface area contributed by atoms with Crippen LogP contribution in [0, 0.1) is 5.92 Å². The molecule has 2 saturated heterocycles. The molecule has 0 bridgehead atoms. The largest absolute Gasteiger partial charge is 0.348 e. The minimum atomic E-state index is -0.466. The molecule has 1 unspecified atom stereocenters. The zero-order chi connectivity index (χ0) is 13.8. The van der Waals surface area contributed by atoms with Crippen LogP contribution in [-0.2, 0) is 18.9 Å². The highest BCUT2D eigenvalue weighted by atomic mass is 16.7. The molecule has 2 aliphatic rings. The summed E-state index contributed by atoms with van der Waals surface area (Å²) in [4.78, 5) is 0. The molecule has 19 heavy (non-hydrogen) atoms. The summed E-state index contributed by atoms with van der Waals surface area (Å²) >= 11 is 0. The summed E-state index contributed by atoms with van der Waals surface area (Å²) in [7, 11) is 0.